The Bertz CT molecular complexity index is 871. The molecule has 0 atom stereocenters. The molecule has 0 radical (unpaired) electrons. The van der Waals surface area contributed by atoms with Crippen LogP contribution >= 0.6 is 0 Å². The van der Waals surface area contributed by atoms with Crippen LogP contribution in [-0.4, -0.2) is 66.7 Å². The monoisotopic (exact) mass is 456 g/mol. The number of hydrogen-bond acceptors (Lipinski definition) is 7. The van der Waals surface area contributed by atoms with Crippen LogP contribution in [0, 0.1) is 11.8 Å². The topological polar surface area (TPSA) is 98.0 Å². The maximum absolute atomic E-state index is 12.4. The fourth-order valence-corrected chi connectivity index (χ4v) is 5.67. The maximum Gasteiger partial charge on any atom is 0.309 e. The molecular weight excluding hydrogens is 420 g/mol. The van der Waals surface area contributed by atoms with Crippen molar-refractivity contribution in [3.8, 4) is 5.75 Å². The van der Waals surface area contributed by atoms with Crippen molar-refractivity contribution in [1.82, 2.24) is 9.88 Å². The Labute approximate surface area is 195 Å². The van der Waals surface area contributed by atoms with E-state index in [0.717, 1.165) is 95.8 Å². The Hall–Kier alpha value is -2.35. The van der Waals surface area contributed by atoms with E-state index in [9.17, 15) is 9.59 Å². The van der Waals surface area contributed by atoms with E-state index >= 15 is 0 Å². The summed E-state index contributed by atoms with van der Waals surface area (Å²) in [7, 11) is 0. The van der Waals surface area contributed by atoms with Crippen LogP contribution < -0.4 is 15.4 Å². The summed E-state index contributed by atoms with van der Waals surface area (Å²) >= 11 is 0. The Kier molecular flexibility index (Phi) is 6.45. The number of carbonyl (C=O) groups excluding carboxylic acids is 2. The van der Waals surface area contributed by atoms with Crippen LogP contribution in [0.3, 0.4) is 0 Å². The summed E-state index contributed by atoms with van der Waals surface area (Å²) in [6.07, 6.45) is 9.63. The van der Waals surface area contributed by atoms with Gasteiger partial charge in [-0.3, -0.25) is 14.5 Å². The lowest BCUT2D eigenvalue weighted by Crippen LogP contribution is -2.51. The molecule has 0 spiro atoms. The maximum atomic E-state index is 12.4. The number of fused-ring (bicyclic) bond motifs is 1. The number of amides is 1. The summed E-state index contributed by atoms with van der Waals surface area (Å²) in [5.41, 5.74) is 5.87. The van der Waals surface area contributed by atoms with Crippen LogP contribution in [0.4, 0.5) is 5.82 Å². The summed E-state index contributed by atoms with van der Waals surface area (Å²) in [5.74, 6) is 1.91. The third-order valence-electron chi connectivity index (χ3n) is 8.22. The second-order valence-electron chi connectivity index (χ2n) is 10.2. The molecule has 2 N–H and O–H groups in total. The number of nitrogens with zero attached hydrogens (tertiary/aromatic N) is 3. The van der Waals surface area contributed by atoms with Gasteiger partial charge in [-0.1, -0.05) is 6.42 Å². The number of nitrogens with two attached hydrogens (primary N) is 1. The Morgan fingerprint density at radius 3 is 2.58 bits per heavy atom. The average Bonchev–Trinajstić information content (AvgIpc) is 3.27. The van der Waals surface area contributed by atoms with Gasteiger partial charge in [0.2, 0.25) is 0 Å². The van der Waals surface area contributed by atoms with Gasteiger partial charge in [-0.15, -0.1) is 0 Å². The van der Waals surface area contributed by atoms with Gasteiger partial charge in [0, 0.05) is 44.4 Å². The minimum Gasteiger partial charge on any atom is -0.493 e. The summed E-state index contributed by atoms with van der Waals surface area (Å²) in [5, 5.41) is 0. The van der Waals surface area contributed by atoms with E-state index in [4.69, 9.17) is 15.2 Å². The quantitative estimate of drug-likeness (QED) is 0.629. The van der Waals surface area contributed by atoms with Gasteiger partial charge in [-0.2, -0.15) is 0 Å². The third kappa shape index (κ3) is 4.67. The second kappa shape index (κ2) is 9.49. The largest absolute Gasteiger partial charge is 0.493 e. The zero-order valence-electron chi connectivity index (χ0n) is 19.5. The predicted octanol–water partition coefficient (Wildman–Crippen LogP) is 2.29. The van der Waals surface area contributed by atoms with Crippen LogP contribution in [0.15, 0.2) is 12.3 Å². The average molecular weight is 457 g/mol. The van der Waals surface area contributed by atoms with Crippen molar-refractivity contribution in [3.63, 3.8) is 0 Å². The number of esters is 1. The summed E-state index contributed by atoms with van der Waals surface area (Å²) in [4.78, 5) is 34.1. The molecule has 2 aliphatic heterocycles. The Balaban J connectivity index is 1.07. The van der Waals surface area contributed by atoms with Crippen LogP contribution in [0.5, 0.6) is 5.75 Å². The van der Waals surface area contributed by atoms with E-state index in [-0.39, 0.29) is 11.9 Å². The van der Waals surface area contributed by atoms with Gasteiger partial charge >= 0.3 is 5.97 Å². The lowest BCUT2D eigenvalue weighted by molar-refractivity contribution is -0.178. The molecule has 2 aliphatic carbocycles. The number of pyridine rings is 1. The molecule has 8 nitrogen and oxygen atoms in total. The molecule has 3 heterocycles. The number of aromatic nitrogens is 1. The van der Waals surface area contributed by atoms with E-state index in [1.165, 1.54) is 5.56 Å². The first-order valence-corrected chi connectivity index (χ1v) is 12.6. The number of primary amides is 1. The van der Waals surface area contributed by atoms with E-state index in [1.807, 2.05) is 12.3 Å². The zero-order valence-corrected chi connectivity index (χ0v) is 19.5. The molecule has 2 saturated carbocycles. The van der Waals surface area contributed by atoms with Gasteiger partial charge in [0.05, 0.1) is 12.5 Å². The molecule has 3 fully saturated rings. The van der Waals surface area contributed by atoms with Crippen LogP contribution in [0.25, 0.3) is 0 Å². The molecule has 1 aromatic rings. The zero-order chi connectivity index (χ0) is 22.8. The van der Waals surface area contributed by atoms with Crippen molar-refractivity contribution in [3.05, 3.63) is 17.8 Å². The number of hydrogen-bond donors (Lipinski definition) is 1. The van der Waals surface area contributed by atoms with E-state index < -0.39 is 11.5 Å². The molecule has 1 aromatic heterocycles. The fourth-order valence-electron chi connectivity index (χ4n) is 5.67. The number of piperazine rings is 1. The predicted molar refractivity (Wildman–Crippen MR) is 124 cm³/mol. The Morgan fingerprint density at radius 2 is 1.91 bits per heavy atom. The smallest absolute Gasteiger partial charge is 0.309 e. The minimum atomic E-state index is -1.08. The minimum absolute atomic E-state index is 0.0303. The van der Waals surface area contributed by atoms with Crippen molar-refractivity contribution < 1.29 is 19.1 Å². The van der Waals surface area contributed by atoms with Crippen molar-refractivity contribution in [2.24, 2.45) is 17.6 Å². The van der Waals surface area contributed by atoms with Crippen molar-refractivity contribution in [2.45, 2.75) is 63.4 Å². The highest BCUT2D eigenvalue weighted by atomic mass is 16.6. The van der Waals surface area contributed by atoms with Gasteiger partial charge in [0.15, 0.2) is 5.60 Å². The van der Waals surface area contributed by atoms with E-state index in [2.05, 4.69) is 14.8 Å². The van der Waals surface area contributed by atoms with E-state index in [1.54, 1.807) is 0 Å². The lowest BCUT2D eigenvalue weighted by Gasteiger charge is -2.40. The number of anilines is 1. The lowest BCUT2D eigenvalue weighted by atomic mass is 9.76. The molecule has 8 heteroatoms. The van der Waals surface area contributed by atoms with Gasteiger partial charge in [-0.25, -0.2) is 4.98 Å². The number of ether oxygens (including phenoxy) is 2. The molecule has 1 amide bonds. The Morgan fingerprint density at radius 1 is 1.15 bits per heavy atom. The highest BCUT2D eigenvalue weighted by molar-refractivity contribution is 5.87. The first kappa shape index (κ1) is 22.4. The second-order valence-corrected chi connectivity index (χ2v) is 10.2. The molecule has 33 heavy (non-hydrogen) atoms. The fraction of sp³-hybridized carbons (Fsp3) is 0.720. The highest BCUT2D eigenvalue weighted by Crippen LogP contribution is 2.39. The van der Waals surface area contributed by atoms with Gasteiger partial charge in [0.1, 0.15) is 11.6 Å². The van der Waals surface area contributed by atoms with Crippen LogP contribution in [-0.2, 0) is 20.7 Å². The van der Waals surface area contributed by atoms with E-state index in [0.29, 0.717) is 18.8 Å². The van der Waals surface area contributed by atoms with Crippen LogP contribution in [0.1, 0.15) is 56.9 Å². The number of rotatable bonds is 7. The normalized spacial score (nSPS) is 28.0. The standard InChI is InChI=1S/C25H36N4O4/c26-24(31)25(33-23(30)19-2-1-3-19)9-4-18(5-10-25)7-12-28-13-15-29(16-14-28)22-20-8-17-32-21(20)6-11-27-22/h6,11,18-19H,1-5,7-10,12-17H2,(H2,26,31). The first-order valence-electron chi connectivity index (χ1n) is 12.6. The molecule has 0 unspecified atom stereocenters. The summed E-state index contributed by atoms with van der Waals surface area (Å²) in [6, 6.07) is 1.97. The molecular formula is C25H36N4O4. The van der Waals surface area contributed by atoms with Gasteiger partial charge in [0.25, 0.3) is 5.91 Å². The molecule has 1 saturated heterocycles. The van der Waals surface area contributed by atoms with Gasteiger partial charge in [-0.05, 0) is 63.5 Å². The summed E-state index contributed by atoms with van der Waals surface area (Å²) < 4.78 is 11.4. The van der Waals surface area contributed by atoms with Crippen molar-refractivity contribution in [1.29, 1.82) is 0 Å². The van der Waals surface area contributed by atoms with Gasteiger partial charge < -0.3 is 20.1 Å². The molecule has 4 aliphatic rings. The first-order chi connectivity index (χ1) is 16.0. The molecule has 0 aromatic carbocycles. The molecule has 180 valence electrons. The van der Waals surface area contributed by atoms with Crippen molar-refractivity contribution in [2.75, 3.05) is 44.2 Å². The van der Waals surface area contributed by atoms with Crippen LogP contribution in [0.2, 0.25) is 0 Å². The summed E-state index contributed by atoms with van der Waals surface area (Å²) in [6.45, 7) is 5.85. The van der Waals surface area contributed by atoms with Crippen molar-refractivity contribution >= 4 is 17.7 Å². The molecule has 0 bridgehead atoms. The highest BCUT2D eigenvalue weighted by Gasteiger charge is 2.45. The third-order valence-corrected chi connectivity index (χ3v) is 8.22. The number of carbonyl (C=O) groups is 2. The molecule has 5 rings (SSSR count). The SMILES string of the molecule is NC(=O)C1(OC(=O)C2CCC2)CCC(CCN2CCN(c3nccc4c3CCO4)CC2)CC1.